The number of phenolic OH excluding ortho intramolecular Hbond substituents is 1. The van der Waals surface area contributed by atoms with Crippen molar-refractivity contribution in [1.29, 1.82) is 5.26 Å². The van der Waals surface area contributed by atoms with Gasteiger partial charge in [-0.1, -0.05) is 0 Å². The maximum Gasteiger partial charge on any atom is 0.198 e. The number of rotatable bonds is 5. The summed E-state index contributed by atoms with van der Waals surface area (Å²) in [6.45, 7) is 1.03. The summed E-state index contributed by atoms with van der Waals surface area (Å²) in [4.78, 5) is 0. The maximum absolute atomic E-state index is 9.90. The fourth-order valence-corrected chi connectivity index (χ4v) is 3.83. The highest BCUT2D eigenvalue weighted by molar-refractivity contribution is 5.58. The highest BCUT2D eigenvalue weighted by Crippen LogP contribution is 2.50. The Bertz CT molecular complexity index is 817. The van der Waals surface area contributed by atoms with Crippen molar-refractivity contribution in [3.8, 4) is 17.6 Å². The molecule has 6 nitrogen and oxygen atoms in total. The molecular weight excluding hydrogens is 322 g/mol. The van der Waals surface area contributed by atoms with Crippen molar-refractivity contribution in [2.75, 3.05) is 20.3 Å². The van der Waals surface area contributed by atoms with Crippen molar-refractivity contribution < 1.29 is 23.7 Å². The van der Waals surface area contributed by atoms with Crippen LogP contribution in [0.1, 0.15) is 29.5 Å². The van der Waals surface area contributed by atoms with Gasteiger partial charge >= 0.3 is 0 Å². The number of fused-ring (bicyclic) bond motifs is 1. The van der Waals surface area contributed by atoms with E-state index in [0.717, 1.165) is 16.7 Å². The van der Waals surface area contributed by atoms with Gasteiger partial charge in [-0.05, 0) is 42.2 Å². The number of hydrogen-bond donors (Lipinski definition) is 1. The van der Waals surface area contributed by atoms with Crippen molar-refractivity contribution in [2.45, 2.75) is 30.5 Å². The molecule has 1 aromatic heterocycles. The van der Waals surface area contributed by atoms with Crippen LogP contribution in [0.4, 0.5) is 0 Å². The molecule has 1 atom stereocenters. The number of nitriles is 1. The minimum atomic E-state index is -0.854. The Morgan fingerprint density at radius 2 is 2.08 bits per heavy atom. The molecule has 2 aliphatic rings. The summed E-state index contributed by atoms with van der Waals surface area (Å²) in [5.74, 6) is -0.366. The first-order valence-electron chi connectivity index (χ1n) is 8.25. The molecule has 1 aliphatic heterocycles. The zero-order valence-electron chi connectivity index (χ0n) is 13.9. The van der Waals surface area contributed by atoms with E-state index in [9.17, 15) is 10.4 Å². The molecule has 1 fully saturated rings. The van der Waals surface area contributed by atoms with Gasteiger partial charge in [-0.3, -0.25) is 0 Å². The van der Waals surface area contributed by atoms with E-state index < -0.39 is 11.2 Å². The van der Waals surface area contributed by atoms with Crippen LogP contribution in [0.25, 0.3) is 0 Å². The van der Waals surface area contributed by atoms with Crippen molar-refractivity contribution in [1.82, 2.24) is 0 Å². The van der Waals surface area contributed by atoms with E-state index >= 15 is 0 Å². The highest BCUT2D eigenvalue weighted by Gasteiger charge is 2.48. The van der Waals surface area contributed by atoms with Gasteiger partial charge in [-0.2, -0.15) is 5.26 Å². The Morgan fingerprint density at radius 1 is 1.28 bits per heavy atom. The summed E-state index contributed by atoms with van der Waals surface area (Å²) in [7, 11) is 1.50. The Labute approximate surface area is 145 Å². The third-order valence-corrected chi connectivity index (χ3v) is 5.22. The molecule has 1 aromatic carbocycles. The average Bonchev–Trinajstić information content (AvgIpc) is 3.29. The van der Waals surface area contributed by atoms with E-state index in [-0.39, 0.29) is 5.75 Å². The topological polar surface area (TPSA) is 84.9 Å². The van der Waals surface area contributed by atoms with Gasteiger partial charge < -0.3 is 23.7 Å². The predicted molar refractivity (Wildman–Crippen MR) is 87.2 cm³/mol. The van der Waals surface area contributed by atoms with Gasteiger partial charge in [0.15, 0.2) is 17.3 Å². The van der Waals surface area contributed by atoms with Crippen molar-refractivity contribution in [3.63, 3.8) is 0 Å². The molecule has 0 radical (unpaired) electrons. The van der Waals surface area contributed by atoms with Gasteiger partial charge in [0, 0.05) is 12.0 Å². The van der Waals surface area contributed by atoms with Crippen LogP contribution in [0, 0.1) is 11.3 Å². The van der Waals surface area contributed by atoms with Gasteiger partial charge in [0.2, 0.25) is 0 Å². The summed E-state index contributed by atoms with van der Waals surface area (Å²) in [5, 5.41) is 19.8. The van der Waals surface area contributed by atoms with Gasteiger partial charge in [-0.15, -0.1) is 0 Å². The quantitative estimate of drug-likeness (QED) is 0.900. The van der Waals surface area contributed by atoms with Crippen LogP contribution in [0.15, 0.2) is 35.1 Å². The second kappa shape index (κ2) is 5.80. The smallest absolute Gasteiger partial charge is 0.198 e. The normalized spacial score (nSPS) is 23.5. The molecule has 0 amide bonds. The summed E-state index contributed by atoms with van der Waals surface area (Å²) in [6, 6.07) is 7.73. The number of nitrogens with zero attached hydrogens (tertiary/aromatic N) is 1. The summed E-state index contributed by atoms with van der Waals surface area (Å²) in [5.41, 5.74) is 2.10. The molecule has 1 saturated heterocycles. The van der Waals surface area contributed by atoms with E-state index in [0.29, 0.717) is 38.2 Å². The maximum atomic E-state index is 9.90. The van der Waals surface area contributed by atoms with Crippen LogP contribution in [-0.4, -0.2) is 25.4 Å². The van der Waals surface area contributed by atoms with Crippen molar-refractivity contribution in [2.24, 2.45) is 0 Å². The van der Waals surface area contributed by atoms with Crippen LogP contribution >= 0.6 is 0 Å². The summed E-state index contributed by atoms with van der Waals surface area (Å²) < 4.78 is 22.1. The van der Waals surface area contributed by atoms with E-state index in [1.165, 1.54) is 7.11 Å². The minimum absolute atomic E-state index is 0.102. The number of methoxy groups -OCH3 is 1. The molecule has 130 valence electrons. The van der Waals surface area contributed by atoms with E-state index in [1.807, 2.05) is 6.07 Å². The Balaban J connectivity index is 1.60. The van der Waals surface area contributed by atoms with Crippen molar-refractivity contribution in [3.05, 3.63) is 47.4 Å². The van der Waals surface area contributed by atoms with Gasteiger partial charge in [0.05, 0.1) is 44.3 Å². The second-order valence-corrected chi connectivity index (χ2v) is 6.51. The predicted octanol–water partition coefficient (Wildman–Crippen LogP) is 2.99. The molecule has 2 aromatic rings. The minimum Gasteiger partial charge on any atom is -0.504 e. The highest BCUT2D eigenvalue weighted by atomic mass is 16.7. The second-order valence-electron chi connectivity index (χ2n) is 6.51. The van der Waals surface area contributed by atoms with E-state index in [2.05, 4.69) is 6.07 Å². The molecule has 1 N–H and O–H groups in total. The van der Waals surface area contributed by atoms with Crippen LogP contribution in [0.5, 0.6) is 11.5 Å². The summed E-state index contributed by atoms with van der Waals surface area (Å²) in [6.07, 6.45) is 4.94. The Hall–Kier alpha value is -2.49. The fourth-order valence-electron chi connectivity index (χ4n) is 3.83. The number of ether oxygens (including phenoxy) is 3. The molecular formula is C19H19NO5. The van der Waals surface area contributed by atoms with Crippen molar-refractivity contribution >= 4 is 0 Å². The van der Waals surface area contributed by atoms with Gasteiger partial charge in [-0.25, -0.2) is 0 Å². The lowest BCUT2D eigenvalue weighted by Gasteiger charge is -2.40. The molecule has 1 aliphatic carbocycles. The van der Waals surface area contributed by atoms with Gasteiger partial charge in [0.1, 0.15) is 0 Å². The number of hydrogen-bond acceptors (Lipinski definition) is 6. The Morgan fingerprint density at radius 3 is 2.72 bits per heavy atom. The molecule has 0 spiro atoms. The first kappa shape index (κ1) is 16.0. The first-order valence-corrected chi connectivity index (χ1v) is 8.25. The van der Waals surface area contributed by atoms with Gasteiger partial charge in [0.25, 0.3) is 0 Å². The van der Waals surface area contributed by atoms with Crippen LogP contribution in [0.3, 0.4) is 0 Å². The van der Waals surface area contributed by atoms with E-state index in [4.69, 9.17) is 18.6 Å². The zero-order valence-corrected chi connectivity index (χ0v) is 13.9. The lowest BCUT2D eigenvalue weighted by molar-refractivity contribution is -0.173. The molecule has 2 heterocycles. The van der Waals surface area contributed by atoms with Crippen LogP contribution in [0.2, 0.25) is 0 Å². The number of aromatic hydroxyl groups is 1. The SMILES string of the molecule is COc1cc2c(cc1O)CC2(C#N)CCC1(c2ccoc2)OCCO1. The molecule has 0 saturated carbocycles. The molecule has 1 unspecified atom stereocenters. The van der Waals surface area contributed by atoms with E-state index in [1.54, 1.807) is 24.7 Å². The first-order chi connectivity index (χ1) is 12.1. The number of phenols is 1. The largest absolute Gasteiger partial charge is 0.504 e. The zero-order chi connectivity index (χ0) is 17.5. The monoisotopic (exact) mass is 341 g/mol. The number of benzene rings is 1. The third kappa shape index (κ3) is 2.39. The van der Waals surface area contributed by atoms with Crippen LogP contribution in [-0.2, 0) is 27.1 Å². The standard InChI is InChI=1S/C19H19NO5/c1-22-17-9-15-13(8-16(17)21)10-18(15,12-20)3-4-19(24-6-7-25-19)14-2-5-23-11-14/h2,5,8-9,11,21H,3-4,6-7,10H2,1H3. The average molecular weight is 341 g/mol. The molecule has 0 bridgehead atoms. The number of furan rings is 1. The fraction of sp³-hybridized carbons (Fsp3) is 0.421. The molecule has 4 rings (SSSR count). The van der Waals surface area contributed by atoms with Crippen LogP contribution < -0.4 is 4.74 Å². The summed E-state index contributed by atoms with van der Waals surface area (Å²) >= 11 is 0. The lowest BCUT2D eigenvalue weighted by Crippen LogP contribution is -2.40. The molecule has 25 heavy (non-hydrogen) atoms. The lowest BCUT2D eigenvalue weighted by atomic mass is 9.62. The third-order valence-electron chi connectivity index (χ3n) is 5.22. The molecule has 6 heteroatoms. The Kier molecular flexibility index (Phi) is 3.71.